The van der Waals surface area contributed by atoms with Crippen molar-refractivity contribution in [1.82, 2.24) is 0 Å². The fraction of sp³-hybridized carbons (Fsp3) is 0.111. The maximum Gasteiger partial charge on any atom is 0.176 e. The van der Waals surface area contributed by atoms with Crippen molar-refractivity contribution in [2.75, 3.05) is 0 Å². The number of halogens is 1. The van der Waals surface area contributed by atoms with Gasteiger partial charge in [0.1, 0.15) is 0 Å². The number of phenols is 2. The van der Waals surface area contributed by atoms with Gasteiger partial charge in [-0.1, -0.05) is 24.6 Å². The minimum Gasteiger partial charge on any atom is -0.876 e. The van der Waals surface area contributed by atoms with Gasteiger partial charge in [-0.05, 0) is 12.1 Å². The molecule has 0 atom stereocenters. The van der Waals surface area contributed by atoms with E-state index in [1.165, 1.54) is 19.1 Å². The first-order valence-corrected chi connectivity index (χ1v) is 3.82. The van der Waals surface area contributed by atoms with E-state index in [0.29, 0.717) is 0 Å². The second kappa shape index (κ2) is 5.32. The molecule has 72 valence electrons. The molecule has 13 heavy (non-hydrogen) atoms. The first kappa shape index (κ1) is 11.6. The van der Waals surface area contributed by atoms with Gasteiger partial charge in [0.15, 0.2) is 11.5 Å². The summed E-state index contributed by atoms with van der Waals surface area (Å²) in [6, 6.07) is 4.41. The number of phenolic OH excluding ortho intramolecular Hbond substituents is 2. The Morgan fingerprint density at radius 1 is 1.46 bits per heavy atom. The maximum absolute atomic E-state index is 9.33. The van der Waals surface area contributed by atoms with Gasteiger partial charge in [-0.25, -0.2) is 0 Å². The third kappa shape index (κ3) is 4.98. The molecular formula is C9H10ClO3-. The van der Waals surface area contributed by atoms with Crippen LogP contribution in [0.25, 0.3) is 0 Å². The lowest BCUT2D eigenvalue weighted by Crippen LogP contribution is -1.92. The third-order valence-electron chi connectivity index (χ3n) is 0.965. The first-order chi connectivity index (χ1) is 5.95. The summed E-state index contributed by atoms with van der Waals surface area (Å²) < 4.78 is 0. The summed E-state index contributed by atoms with van der Waals surface area (Å²) in [4.78, 5) is 0. The molecule has 0 saturated carbocycles. The van der Waals surface area contributed by atoms with E-state index in [1.807, 2.05) is 0 Å². The van der Waals surface area contributed by atoms with Gasteiger partial charge >= 0.3 is 0 Å². The van der Waals surface area contributed by atoms with Crippen molar-refractivity contribution in [3.05, 3.63) is 35.6 Å². The molecule has 0 aliphatic carbocycles. The Kier molecular flexibility index (Phi) is 4.77. The van der Waals surface area contributed by atoms with Gasteiger partial charge in [-0.2, -0.15) is 0 Å². The number of benzene rings is 1. The molecule has 0 radical (unpaired) electrons. The molecule has 2 N–H and O–H groups in total. The van der Waals surface area contributed by atoms with Crippen LogP contribution in [0.5, 0.6) is 11.5 Å². The standard InChI is InChI=1S/C6H5ClO2.C3H6O/c7-4-2-1-3-5(8)6(4)9;1-3(2)4/h1-3,8-9H;4H,1H2,2H3/p-1. The smallest absolute Gasteiger partial charge is 0.176 e. The Hall–Kier alpha value is -1.35. The highest BCUT2D eigenvalue weighted by atomic mass is 35.5. The van der Waals surface area contributed by atoms with Crippen molar-refractivity contribution >= 4 is 11.6 Å². The Morgan fingerprint density at radius 2 is 1.92 bits per heavy atom. The molecule has 0 aromatic heterocycles. The van der Waals surface area contributed by atoms with Gasteiger partial charge in [0, 0.05) is 0 Å². The van der Waals surface area contributed by atoms with E-state index in [-0.39, 0.29) is 22.3 Å². The van der Waals surface area contributed by atoms with Crippen LogP contribution in [-0.4, -0.2) is 10.2 Å². The van der Waals surface area contributed by atoms with Crippen LogP contribution in [0.4, 0.5) is 0 Å². The summed E-state index contributed by atoms with van der Waals surface area (Å²) in [5.74, 6) is -0.540. The molecule has 0 saturated heterocycles. The number of aromatic hydroxyl groups is 2. The van der Waals surface area contributed by atoms with E-state index in [4.69, 9.17) is 21.8 Å². The second-order valence-corrected chi connectivity index (χ2v) is 2.72. The topological polar surface area (TPSA) is 63.5 Å². The van der Waals surface area contributed by atoms with Crippen molar-refractivity contribution in [3.8, 4) is 11.5 Å². The van der Waals surface area contributed by atoms with E-state index in [2.05, 4.69) is 6.58 Å². The number of allylic oxidation sites excluding steroid dienone is 1. The molecule has 0 heterocycles. The van der Waals surface area contributed by atoms with Gasteiger partial charge in [-0.15, -0.1) is 12.3 Å². The minimum atomic E-state index is -0.265. The molecule has 4 heteroatoms. The van der Waals surface area contributed by atoms with Gasteiger partial charge in [0.25, 0.3) is 0 Å². The van der Waals surface area contributed by atoms with Crippen molar-refractivity contribution in [2.24, 2.45) is 0 Å². The van der Waals surface area contributed by atoms with Crippen molar-refractivity contribution in [1.29, 1.82) is 0 Å². The van der Waals surface area contributed by atoms with Crippen molar-refractivity contribution in [2.45, 2.75) is 6.92 Å². The molecule has 0 aliphatic rings. The summed E-state index contributed by atoms with van der Waals surface area (Å²) in [6.45, 7) is 4.42. The van der Waals surface area contributed by atoms with Crippen LogP contribution in [0.1, 0.15) is 6.92 Å². The zero-order valence-corrected chi connectivity index (χ0v) is 7.88. The predicted molar refractivity (Wildman–Crippen MR) is 49.6 cm³/mol. The molecule has 0 fully saturated rings. The van der Waals surface area contributed by atoms with Crippen LogP contribution in [-0.2, 0) is 0 Å². The van der Waals surface area contributed by atoms with Crippen LogP contribution < -0.4 is 5.11 Å². The van der Waals surface area contributed by atoms with Gasteiger partial charge in [0.05, 0.1) is 5.02 Å². The maximum atomic E-state index is 9.33. The molecule has 1 aromatic carbocycles. The molecule has 1 rings (SSSR count). The van der Waals surface area contributed by atoms with Crippen LogP contribution in [0, 0.1) is 0 Å². The summed E-state index contributed by atoms with van der Waals surface area (Å²) in [6.07, 6.45) is 0. The SMILES string of the molecule is C=C(C)[O-].Oc1cccc(Cl)c1O. The molecule has 0 aliphatic heterocycles. The van der Waals surface area contributed by atoms with E-state index in [1.54, 1.807) is 6.07 Å². The number of para-hydroxylation sites is 1. The highest BCUT2D eigenvalue weighted by molar-refractivity contribution is 6.32. The quantitative estimate of drug-likeness (QED) is 0.495. The minimum absolute atomic E-state index is 0.0833. The molecule has 0 unspecified atom stereocenters. The fourth-order valence-corrected chi connectivity index (χ4v) is 0.674. The summed E-state index contributed by atoms with van der Waals surface area (Å²) in [7, 11) is 0. The lowest BCUT2D eigenvalue weighted by atomic mass is 10.3. The van der Waals surface area contributed by atoms with Crippen LogP contribution >= 0.6 is 11.6 Å². The molecule has 1 aromatic rings. The number of hydrogen-bond donors (Lipinski definition) is 2. The Labute approximate surface area is 81.5 Å². The van der Waals surface area contributed by atoms with Crippen molar-refractivity contribution < 1.29 is 15.3 Å². The van der Waals surface area contributed by atoms with E-state index in [9.17, 15) is 5.11 Å². The third-order valence-corrected chi connectivity index (χ3v) is 1.27. The highest BCUT2D eigenvalue weighted by Gasteiger charge is 2.00. The van der Waals surface area contributed by atoms with Gasteiger partial charge < -0.3 is 15.3 Å². The summed E-state index contributed by atoms with van der Waals surface area (Å²) in [5, 5.41) is 27.1. The Morgan fingerprint density at radius 3 is 2.23 bits per heavy atom. The normalized spacial score (nSPS) is 8.46. The number of rotatable bonds is 0. The van der Waals surface area contributed by atoms with Crippen LogP contribution in [0.15, 0.2) is 30.5 Å². The molecular weight excluding hydrogens is 192 g/mol. The van der Waals surface area contributed by atoms with Gasteiger partial charge in [0.2, 0.25) is 0 Å². The monoisotopic (exact) mass is 201 g/mol. The van der Waals surface area contributed by atoms with Gasteiger partial charge in [-0.3, -0.25) is 0 Å². The molecule has 3 nitrogen and oxygen atoms in total. The molecule has 0 spiro atoms. The predicted octanol–water partition coefficient (Wildman–Crippen LogP) is 1.63. The van der Waals surface area contributed by atoms with Crippen LogP contribution in [0.2, 0.25) is 5.02 Å². The average molecular weight is 202 g/mol. The van der Waals surface area contributed by atoms with Crippen LogP contribution in [0.3, 0.4) is 0 Å². The van der Waals surface area contributed by atoms with E-state index >= 15 is 0 Å². The number of hydrogen-bond acceptors (Lipinski definition) is 3. The lowest BCUT2D eigenvalue weighted by Gasteiger charge is -1.96. The summed E-state index contributed by atoms with van der Waals surface area (Å²) >= 11 is 5.40. The van der Waals surface area contributed by atoms with E-state index in [0.717, 1.165) is 0 Å². The summed E-state index contributed by atoms with van der Waals surface area (Å²) in [5.41, 5.74) is 0. The largest absolute Gasteiger partial charge is 0.876 e. The lowest BCUT2D eigenvalue weighted by molar-refractivity contribution is -0.300. The second-order valence-electron chi connectivity index (χ2n) is 2.31. The zero-order valence-electron chi connectivity index (χ0n) is 7.12. The highest BCUT2D eigenvalue weighted by Crippen LogP contribution is 2.31. The van der Waals surface area contributed by atoms with E-state index < -0.39 is 0 Å². The fourth-order valence-electron chi connectivity index (χ4n) is 0.504. The first-order valence-electron chi connectivity index (χ1n) is 3.44. The Bertz CT molecular complexity index is 273. The Balaban J connectivity index is 0.000000310. The zero-order chi connectivity index (χ0) is 10.4. The molecule has 0 bridgehead atoms. The molecule has 0 amide bonds. The van der Waals surface area contributed by atoms with Crippen molar-refractivity contribution in [3.63, 3.8) is 0 Å². The average Bonchev–Trinajstić information content (AvgIpc) is 1.99.